The Balaban J connectivity index is 1.73. The number of rotatable bonds is 1. The van der Waals surface area contributed by atoms with Crippen LogP contribution in [0.2, 0.25) is 0 Å². The second kappa shape index (κ2) is 5.83. The third-order valence-electron chi connectivity index (χ3n) is 5.81. The summed E-state index contributed by atoms with van der Waals surface area (Å²) in [5.41, 5.74) is 2.46. The van der Waals surface area contributed by atoms with E-state index >= 15 is 0 Å². The fourth-order valence-electron chi connectivity index (χ4n) is 4.33. The molecule has 1 aromatic carbocycles. The third-order valence-corrected chi connectivity index (χ3v) is 6.67. The van der Waals surface area contributed by atoms with Crippen molar-refractivity contribution < 1.29 is 19.4 Å². The summed E-state index contributed by atoms with van der Waals surface area (Å²) in [4.78, 5) is 12.8. The van der Waals surface area contributed by atoms with Gasteiger partial charge in [0.15, 0.2) is 5.79 Å². The number of amides is 1. The van der Waals surface area contributed by atoms with Crippen LogP contribution < -0.4 is 5.32 Å². The van der Waals surface area contributed by atoms with Crippen molar-refractivity contribution in [1.29, 1.82) is 0 Å². The molecule has 0 bridgehead atoms. The third kappa shape index (κ3) is 2.54. The molecule has 2 heterocycles. The quantitative estimate of drug-likeness (QED) is 0.746. The van der Waals surface area contributed by atoms with Crippen LogP contribution in [0.4, 0.5) is 0 Å². The molecular formula is C19H22BrNO4. The van der Waals surface area contributed by atoms with E-state index in [0.29, 0.717) is 44.5 Å². The molecule has 4 rings (SSSR count). The molecule has 2 spiro atoms. The molecule has 134 valence electrons. The van der Waals surface area contributed by atoms with Gasteiger partial charge >= 0.3 is 0 Å². The minimum Gasteiger partial charge on any atom is -0.509 e. The van der Waals surface area contributed by atoms with Gasteiger partial charge in [-0.1, -0.05) is 22.0 Å². The van der Waals surface area contributed by atoms with E-state index in [4.69, 9.17) is 9.47 Å². The highest BCUT2D eigenvalue weighted by Gasteiger charge is 2.53. The van der Waals surface area contributed by atoms with Crippen LogP contribution in [-0.2, 0) is 14.3 Å². The largest absolute Gasteiger partial charge is 0.509 e. The second-order valence-corrected chi connectivity index (χ2v) is 8.09. The fraction of sp³-hybridized carbons (Fsp3) is 0.526. The van der Waals surface area contributed by atoms with E-state index in [0.717, 1.165) is 21.2 Å². The monoisotopic (exact) mass is 407 g/mol. The number of hydrogen-bond acceptors (Lipinski definition) is 4. The van der Waals surface area contributed by atoms with Crippen molar-refractivity contribution in [2.24, 2.45) is 0 Å². The van der Waals surface area contributed by atoms with Crippen LogP contribution in [0.3, 0.4) is 0 Å². The predicted octanol–water partition coefficient (Wildman–Crippen LogP) is 3.52. The number of aliphatic hydroxyl groups excluding tert-OH is 1. The molecule has 1 saturated carbocycles. The Hall–Kier alpha value is -1.37. The molecule has 5 nitrogen and oxygen atoms in total. The van der Waals surface area contributed by atoms with E-state index in [2.05, 4.69) is 21.2 Å². The van der Waals surface area contributed by atoms with Crippen molar-refractivity contribution in [3.05, 3.63) is 39.1 Å². The summed E-state index contributed by atoms with van der Waals surface area (Å²) >= 11 is 3.53. The summed E-state index contributed by atoms with van der Waals surface area (Å²) in [5.74, 6) is -0.568. The lowest BCUT2D eigenvalue weighted by Gasteiger charge is -2.41. The molecule has 0 atom stereocenters. The van der Waals surface area contributed by atoms with E-state index in [9.17, 15) is 9.90 Å². The highest BCUT2D eigenvalue weighted by molar-refractivity contribution is 9.10. The van der Waals surface area contributed by atoms with Gasteiger partial charge in [-0.3, -0.25) is 4.79 Å². The Morgan fingerprint density at radius 2 is 1.76 bits per heavy atom. The van der Waals surface area contributed by atoms with Gasteiger partial charge in [0.25, 0.3) is 5.91 Å². The molecule has 2 aliphatic heterocycles. The van der Waals surface area contributed by atoms with E-state index in [1.165, 1.54) is 0 Å². The number of nitrogens with one attached hydrogen (secondary N) is 1. The molecule has 0 radical (unpaired) electrons. The highest BCUT2D eigenvalue weighted by Crippen LogP contribution is 2.47. The molecule has 1 saturated heterocycles. The summed E-state index contributed by atoms with van der Waals surface area (Å²) in [7, 11) is 0. The number of halogens is 1. The Morgan fingerprint density at radius 1 is 1.12 bits per heavy atom. The Bertz CT molecular complexity index is 770. The average molecular weight is 408 g/mol. The maximum atomic E-state index is 12.8. The van der Waals surface area contributed by atoms with Crippen LogP contribution in [0.1, 0.15) is 42.4 Å². The number of benzene rings is 1. The van der Waals surface area contributed by atoms with Crippen LogP contribution in [0.25, 0.3) is 5.57 Å². The molecule has 2 fully saturated rings. The first-order valence-electron chi connectivity index (χ1n) is 8.68. The lowest BCUT2D eigenvalue weighted by atomic mass is 9.77. The van der Waals surface area contributed by atoms with Crippen molar-refractivity contribution >= 4 is 27.4 Å². The number of carbonyl (C=O) groups is 1. The zero-order valence-corrected chi connectivity index (χ0v) is 16.0. The number of ether oxygens (including phenoxy) is 2. The Kier molecular flexibility index (Phi) is 3.98. The lowest BCUT2D eigenvalue weighted by Crippen LogP contribution is -2.51. The van der Waals surface area contributed by atoms with Crippen molar-refractivity contribution in [3.63, 3.8) is 0 Å². The summed E-state index contributed by atoms with van der Waals surface area (Å²) in [6, 6.07) is 3.93. The lowest BCUT2D eigenvalue weighted by molar-refractivity contribution is -0.185. The van der Waals surface area contributed by atoms with Gasteiger partial charge in [-0.15, -0.1) is 0 Å². The molecule has 25 heavy (non-hydrogen) atoms. The van der Waals surface area contributed by atoms with Gasteiger partial charge in [0.1, 0.15) is 5.76 Å². The molecule has 1 aliphatic carbocycles. The van der Waals surface area contributed by atoms with Crippen LogP contribution in [0.5, 0.6) is 0 Å². The van der Waals surface area contributed by atoms with Gasteiger partial charge in [-0.25, -0.2) is 0 Å². The average Bonchev–Trinajstić information content (AvgIpc) is 3.13. The maximum Gasteiger partial charge on any atom is 0.256 e. The minimum absolute atomic E-state index is 0.162. The van der Waals surface area contributed by atoms with Crippen molar-refractivity contribution in [2.75, 3.05) is 13.2 Å². The topological polar surface area (TPSA) is 67.8 Å². The highest BCUT2D eigenvalue weighted by atomic mass is 79.9. The summed E-state index contributed by atoms with van der Waals surface area (Å²) < 4.78 is 12.5. The normalized spacial score (nSPS) is 24.4. The summed E-state index contributed by atoms with van der Waals surface area (Å²) in [5, 5.41) is 14.1. The van der Waals surface area contributed by atoms with Gasteiger partial charge in [0.05, 0.1) is 24.3 Å². The molecule has 0 aromatic heterocycles. The van der Waals surface area contributed by atoms with Crippen LogP contribution in [0, 0.1) is 13.8 Å². The van der Waals surface area contributed by atoms with E-state index in [1.807, 2.05) is 26.0 Å². The van der Waals surface area contributed by atoms with Gasteiger partial charge in [0, 0.05) is 17.3 Å². The molecule has 1 aromatic rings. The zero-order chi connectivity index (χ0) is 17.8. The summed E-state index contributed by atoms with van der Waals surface area (Å²) in [6.07, 6.45) is 2.56. The van der Waals surface area contributed by atoms with E-state index in [-0.39, 0.29) is 11.7 Å². The molecular weight excluding hydrogens is 386 g/mol. The number of hydrogen-bond donors (Lipinski definition) is 2. The van der Waals surface area contributed by atoms with Crippen LogP contribution >= 0.6 is 15.9 Å². The summed E-state index contributed by atoms with van der Waals surface area (Å²) in [6.45, 7) is 5.15. The molecule has 1 amide bonds. The van der Waals surface area contributed by atoms with Crippen LogP contribution in [-0.4, -0.2) is 35.6 Å². The van der Waals surface area contributed by atoms with Gasteiger partial charge in [0.2, 0.25) is 0 Å². The van der Waals surface area contributed by atoms with Crippen molar-refractivity contribution in [3.8, 4) is 0 Å². The first-order chi connectivity index (χ1) is 11.9. The van der Waals surface area contributed by atoms with E-state index in [1.54, 1.807) is 0 Å². The standard InChI is InChI=1S/C19H22BrNO4/c1-11-3-4-13(20)12(2)14(11)15-16(22)18(21-17(15)23)5-7-19(8-6-18)24-9-10-25-19/h3-4,22H,5-10H2,1-2H3,(H,21,23). The van der Waals surface area contributed by atoms with E-state index < -0.39 is 11.3 Å². The molecule has 2 N–H and O–H groups in total. The Morgan fingerprint density at radius 3 is 2.40 bits per heavy atom. The minimum atomic E-state index is -0.700. The number of aryl methyl sites for hydroxylation is 1. The zero-order valence-electron chi connectivity index (χ0n) is 14.4. The molecule has 6 heteroatoms. The fourth-order valence-corrected chi connectivity index (χ4v) is 4.66. The van der Waals surface area contributed by atoms with Gasteiger partial charge in [-0.2, -0.15) is 0 Å². The first kappa shape index (κ1) is 17.1. The van der Waals surface area contributed by atoms with Gasteiger partial charge in [-0.05, 0) is 49.4 Å². The maximum absolute atomic E-state index is 12.8. The van der Waals surface area contributed by atoms with Gasteiger partial charge < -0.3 is 19.9 Å². The SMILES string of the molecule is Cc1ccc(Br)c(C)c1C1=C(O)C2(CCC3(CC2)OCCO3)NC1=O. The van der Waals surface area contributed by atoms with Crippen LogP contribution in [0.15, 0.2) is 22.4 Å². The van der Waals surface area contributed by atoms with Crippen molar-refractivity contribution in [1.82, 2.24) is 5.32 Å². The predicted molar refractivity (Wildman–Crippen MR) is 97.1 cm³/mol. The molecule has 3 aliphatic rings. The first-order valence-corrected chi connectivity index (χ1v) is 9.47. The number of carbonyl (C=O) groups excluding carboxylic acids is 1. The Labute approximate surface area is 155 Å². The number of aliphatic hydroxyl groups is 1. The van der Waals surface area contributed by atoms with Crippen molar-refractivity contribution in [2.45, 2.75) is 50.9 Å². The molecule has 0 unspecified atom stereocenters. The smallest absolute Gasteiger partial charge is 0.256 e. The second-order valence-electron chi connectivity index (χ2n) is 7.23.